The van der Waals surface area contributed by atoms with Crippen molar-refractivity contribution in [2.75, 3.05) is 0 Å². The second kappa shape index (κ2) is 6.05. The molecule has 0 aliphatic heterocycles. The molecule has 0 rings (SSSR count). The van der Waals surface area contributed by atoms with E-state index < -0.39 is 35.7 Å². The van der Waals surface area contributed by atoms with Crippen LogP contribution < -0.4 is 0 Å². The Hall–Kier alpha value is -2.03. The van der Waals surface area contributed by atoms with Gasteiger partial charge in [-0.25, -0.2) is 0 Å². The highest BCUT2D eigenvalue weighted by molar-refractivity contribution is 6.02. The lowest BCUT2D eigenvalue weighted by Gasteiger charge is -2.30. The number of carbonyl (C=O) groups is 3. The third-order valence-electron chi connectivity index (χ3n) is 2.74. The lowest BCUT2D eigenvalue weighted by molar-refractivity contribution is -0.176. The molecule has 1 atom stereocenters. The number of terminal acetylenes is 1. The summed E-state index contributed by atoms with van der Waals surface area (Å²) >= 11 is 0. The maximum absolute atomic E-state index is 11.2. The lowest BCUT2D eigenvalue weighted by atomic mass is 9.69. The van der Waals surface area contributed by atoms with Crippen LogP contribution in [0, 0.1) is 29.6 Å². The summed E-state index contributed by atoms with van der Waals surface area (Å²) in [6.07, 6.45) is 4.25. The van der Waals surface area contributed by atoms with Crippen LogP contribution in [0.5, 0.6) is 0 Å². The van der Waals surface area contributed by atoms with Gasteiger partial charge in [0.2, 0.25) is 0 Å². The largest absolute Gasteiger partial charge is 0.481 e. The van der Waals surface area contributed by atoms with Gasteiger partial charge in [-0.15, -0.1) is 12.3 Å². The van der Waals surface area contributed by atoms with Crippen molar-refractivity contribution in [3.63, 3.8) is 0 Å². The van der Waals surface area contributed by atoms with E-state index in [0.29, 0.717) is 0 Å². The lowest BCUT2D eigenvalue weighted by Crippen LogP contribution is -2.49. The minimum Gasteiger partial charge on any atom is -0.481 e. The summed E-state index contributed by atoms with van der Waals surface area (Å²) in [7, 11) is 0. The van der Waals surface area contributed by atoms with Gasteiger partial charge in [0.25, 0.3) is 0 Å². The molecule has 18 heavy (non-hydrogen) atoms. The molecule has 0 radical (unpaired) electrons. The van der Waals surface area contributed by atoms with Crippen LogP contribution in [0.1, 0.15) is 26.7 Å². The molecule has 0 heterocycles. The standard InChI is InChI=1S/C12H16O6/c1-4-5-12(10(15)16,11(17)18)8(9(13)14)6-7(2)3/h1,7-8H,5-6H2,2-3H3,(H,13,14)(H,15,16)(H,17,18). The summed E-state index contributed by atoms with van der Waals surface area (Å²) in [5.41, 5.74) is -2.48. The highest BCUT2D eigenvalue weighted by Crippen LogP contribution is 2.37. The van der Waals surface area contributed by atoms with Crippen molar-refractivity contribution in [1.29, 1.82) is 0 Å². The topological polar surface area (TPSA) is 112 Å². The number of aliphatic carboxylic acids is 3. The zero-order chi connectivity index (χ0) is 14.5. The van der Waals surface area contributed by atoms with Gasteiger partial charge >= 0.3 is 17.9 Å². The molecule has 0 aromatic carbocycles. The summed E-state index contributed by atoms with van der Waals surface area (Å²) < 4.78 is 0. The first kappa shape index (κ1) is 16.0. The summed E-state index contributed by atoms with van der Waals surface area (Å²) in [4.78, 5) is 33.7. The molecule has 3 N–H and O–H groups in total. The summed E-state index contributed by atoms with van der Waals surface area (Å²) in [6, 6.07) is 0. The molecule has 0 aliphatic rings. The second-order valence-corrected chi connectivity index (χ2v) is 4.48. The Labute approximate surface area is 105 Å². The van der Waals surface area contributed by atoms with Crippen LogP contribution in [0.3, 0.4) is 0 Å². The molecule has 0 aliphatic carbocycles. The fraction of sp³-hybridized carbons (Fsp3) is 0.583. The average Bonchev–Trinajstić information content (AvgIpc) is 2.21. The third kappa shape index (κ3) is 3.00. The van der Waals surface area contributed by atoms with Crippen molar-refractivity contribution < 1.29 is 29.7 Å². The molecule has 6 heteroatoms. The smallest absolute Gasteiger partial charge is 0.322 e. The highest BCUT2D eigenvalue weighted by atomic mass is 16.4. The van der Waals surface area contributed by atoms with Crippen LogP contribution in [-0.4, -0.2) is 33.2 Å². The first-order valence-electron chi connectivity index (χ1n) is 5.33. The molecule has 0 amide bonds. The van der Waals surface area contributed by atoms with E-state index >= 15 is 0 Å². The molecule has 0 fully saturated rings. The van der Waals surface area contributed by atoms with Crippen molar-refractivity contribution in [1.82, 2.24) is 0 Å². The van der Waals surface area contributed by atoms with Crippen molar-refractivity contribution in [3.8, 4) is 12.3 Å². The maximum Gasteiger partial charge on any atom is 0.322 e. The summed E-state index contributed by atoms with van der Waals surface area (Å²) in [5, 5.41) is 27.3. The predicted octanol–water partition coefficient (Wildman–Crippen LogP) is 0.912. The Morgan fingerprint density at radius 1 is 1.17 bits per heavy atom. The first-order chi connectivity index (χ1) is 8.20. The number of rotatable bonds is 7. The molecular formula is C12H16O6. The number of carboxylic acids is 3. The fourth-order valence-electron chi connectivity index (χ4n) is 1.81. The maximum atomic E-state index is 11.2. The molecule has 0 saturated heterocycles. The van der Waals surface area contributed by atoms with E-state index in [9.17, 15) is 14.4 Å². The van der Waals surface area contributed by atoms with Gasteiger partial charge in [-0.05, 0) is 12.3 Å². The molecule has 100 valence electrons. The van der Waals surface area contributed by atoms with Crippen molar-refractivity contribution in [2.45, 2.75) is 26.7 Å². The summed E-state index contributed by atoms with van der Waals surface area (Å²) in [5.74, 6) is -4.69. The van der Waals surface area contributed by atoms with Gasteiger partial charge in [0, 0.05) is 6.42 Å². The zero-order valence-corrected chi connectivity index (χ0v) is 10.2. The van der Waals surface area contributed by atoms with Gasteiger partial charge in [-0.2, -0.15) is 0 Å². The predicted molar refractivity (Wildman–Crippen MR) is 61.7 cm³/mol. The highest BCUT2D eigenvalue weighted by Gasteiger charge is 2.55. The van der Waals surface area contributed by atoms with E-state index in [1.54, 1.807) is 13.8 Å². The van der Waals surface area contributed by atoms with E-state index in [1.165, 1.54) is 0 Å². The van der Waals surface area contributed by atoms with E-state index in [2.05, 4.69) is 0 Å². The fourth-order valence-corrected chi connectivity index (χ4v) is 1.81. The molecule has 0 saturated carbocycles. The monoisotopic (exact) mass is 256 g/mol. The van der Waals surface area contributed by atoms with Gasteiger partial charge in [0.15, 0.2) is 5.41 Å². The Morgan fingerprint density at radius 2 is 1.61 bits per heavy atom. The molecule has 0 spiro atoms. The minimum atomic E-state index is -2.48. The van der Waals surface area contributed by atoms with Crippen molar-refractivity contribution in [3.05, 3.63) is 0 Å². The van der Waals surface area contributed by atoms with Gasteiger partial charge in [-0.1, -0.05) is 13.8 Å². The van der Waals surface area contributed by atoms with E-state index in [0.717, 1.165) is 0 Å². The molecule has 0 aromatic rings. The van der Waals surface area contributed by atoms with Crippen molar-refractivity contribution >= 4 is 17.9 Å². The van der Waals surface area contributed by atoms with Crippen LogP contribution in [0.15, 0.2) is 0 Å². The molecule has 6 nitrogen and oxygen atoms in total. The Bertz CT molecular complexity index is 376. The Kier molecular flexibility index (Phi) is 5.37. The number of carboxylic acid groups (broad SMARTS) is 3. The third-order valence-corrected chi connectivity index (χ3v) is 2.74. The molecule has 0 bridgehead atoms. The van der Waals surface area contributed by atoms with Crippen LogP contribution in [0.2, 0.25) is 0 Å². The Morgan fingerprint density at radius 3 is 1.83 bits per heavy atom. The van der Waals surface area contributed by atoms with Crippen LogP contribution >= 0.6 is 0 Å². The summed E-state index contributed by atoms with van der Waals surface area (Å²) in [6.45, 7) is 3.36. The SMILES string of the molecule is C#CCC(C(=O)O)(C(=O)O)C(CC(C)C)C(=O)O. The van der Waals surface area contributed by atoms with Crippen molar-refractivity contribution in [2.24, 2.45) is 17.3 Å². The van der Waals surface area contributed by atoms with E-state index in [-0.39, 0.29) is 12.3 Å². The molecular weight excluding hydrogens is 240 g/mol. The minimum absolute atomic E-state index is 0.0738. The van der Waals surface area contributed by atoms with Crippen LogP contribution in [0.25, 0.3) is 0 Å². The van der Waals surface area contributed by atoms with Crippen LogP contribution in [0.4, 0.5) is 0 Å². The van der Waals surface area contributed by atoms with Crippen LogP contribution in [-0.2, 0) is 14.4 Å². The number of hydrogen-bond acceptors (Lipinski definition) is 3. The molecule has 0 aromatic heterocycles. The second-order valence-electron chi connectivity index (χ2n) is 4.48. The van der Waals surface area contributed by atoms with Gasteiger partial charge in [0.1, 0.15) is 0 Å². The normalized spacial score (nSPS) is 12.8. The van der Waals surface area contributed by atoms with E-state index in [1.807, 2.05) is 5.92 Å². The quantitative estimate of drug-likeness (QED) is 0.461. The van der Waals surface area contributed by atoms with E-state index in [4.69, 9.17) is 21.7 Å². The average molecular weight is 256 g/mol. The van der Waals surface area contributed by atoms with Gasteiger partial charge in [0.05, 0.1) is 5.92 Å². The van der Waals surface area contributed by atoms with Gasteiger partial charge in [-0.3, -0.25) is 14.4 Å². The zero-order valence-electron chi connectivity index (χ0n) is 10.2. The molecule has 1 unspecified atom stereocenters. The number of hydrogen-bond donors (Lipinski definition) is 3. The Balaban J connectivity index is 5.77. The van der Waals surface area contributed by atoms with Gasteiger partial charge < -0.3 is 15.3 Å². The first-order valence-corrected chi connectivity index (χ1v) is 5.33.